The van der Waals surface area contributed by atoms with Gasteiger partial charge in [-0.3, -0.25) is 0 Å². The van der Waals surface area contributed by atoms with E-state index in [4.69, 9.17) is 15.2 Å². The first-order valence-corrected chi connectivity index (χ1v) is 5.43. The molecule has 0 bridgehead atoms. The highest BCUT2D eigenvalue weighted by molar-refractivity contribution is 5.36. The predicted octanol–water partition coefficient (Wildman–Crippen LogP) is 2.95. The molecule has 0 aliphatic rings. The van der Waals surface area contributed by atoms with Crippen molar-refractivity contribution in [2.24, 2.45) is 5.73 Å². The van der Waals surface area contributed by atoms with Crippen LogP contribution in [-0.2, 0) is 6.54 Å². The molecule has 17 heavy (non-hydrogen) atoms. The quantitative estimate of drug-likeness (QED) is 0.876. The van der Waals surface area contributed by atoms with Crippen molar-refractivity contribution in [1.29, 1.82) is 0 Å². The Hall–Kier alpha value is -2.00. The third-order valence-corrected chi connectivity index (χ3v) is 2.45. The van der Waals surface area contributed by atoms with Gasteiger partial charge in [0, 0.05) is 6.54 Å². The molecule has 2 rings (SSSR count). The molecular weight excluding hydrogens is 214 g/mol. The van der Waals surface area contributed by atoms with Crippen molar-refractivity contribution in [3.05, 3.63) is 54.1 Å². The molecule has 2 N–H and O–H groups in total. The molecule has 3 heteroatoms. The number of hydrogen-bond donors (Lipinski definition) is 1. The van der Waals surface area contributed by atoms with Crippen molar-refractivity contribution in [1.82, 2.24) is 0 Å². The van der Waals surface area contributed by atoms with Gasteiger partial charge in [0.05, 0.1) is 7.11 Å². The molecule has 88 valence electrons. The minimum absolute atomic E-state index is 0.544. The van der Waals surface area contributed by atoms with Gasteiger partial charge in [0.2, 0.25) is 0 Å². The third kappa shape index (κ3) is 2.98. The highest BCUT2D eigenvalue weighted by atomic mass is 16.5. The van der Waals surface area contributed by atoms with Crippen LogP contribution in [0.3, 0.4) is 0 Å². The second-order valence-corrected chi connectivity index (χ2v) is 3.63. The standard InChI is InChI=1S/C14H15NO2/c1-16-12-6-8-14(9-7-12)17-13-4-2-11(10-15)3-5-13/h2-9H,10,15H2,1H3. The molecule has 0 saturated heterocycles. The van der Waals surface area contributed by atoms with Gasteiger partial charge in [-0.15, -0.1) is 0 Å². The van der Waals surface area contributed by atoms with E-state index in [2.05, 4.69) is 0 Å². The van der Waals surface area contributed by atoms with E-state index in [0.29, 0.717) is 6.54 Å². The van der Waals surface area contributed by atoms with Crippen LogP contribution in [0.15, 0.2) is 48.5 Å². The Kier molecular flexibility index (Phi) is 3.62. The van der Waals surface area contributed by atoms with E-state index in [9.17, 15) is 0 Å². The summed E-state index contributed by atoms with van der Waals surface area (Å²) in [6, 6.07) is 15.2. The van der Waals surface area contributed by atoms with E-state index in [-0.39, 0.29) is 0 Å². The van der Waals surface area contributed by atoms with Crippen molar-refractivity contribution in [3.63, 3.8) is 0 Å². The zero-order valence-electron chi connectivity index (χ0n) is 9.72. The van der Waals surface area contributed by atoms with Crippen LogP contribution in [0.1, 0.15) is 5.56 Å². The number of nitrogens with two attached hydrogens (primary N) is 1. The maximum Gasteiger partial charge on any atom is 0.127 e. The van der Waals surface area contributed by atoms with Crippen molar-refractivity contribution in [3.8, 4) is 17.2 Å². The average molecular weight is 229 g/mol. The van der Waals surface area contributed by atoms with Gasteiger partial charge in [0.15, 0.2) is 0 Å². The number of hydrogen-bond acceptors (Lipinski definition) is 3. The first kappa shape index (κ1) is 11.5. The number of ether oxygens (including phenoxy) is 2. The van der Waals surface area contributed by atoms with Gasteiger partial charge in [-0.1, -0.05) is 12.1 Å². The Morgan fingerprint density at radius 3 is 1.76 bits per heavy atom. The highest BCUT2D eigenvalue weighted by Crippen LogP contribution is 2.23. The Bertz CT molecular complexity index is 417. The molecule has 0 radical (unpaired) electrons. The van der Waals surface area contributed by atoms with E-state index in [1.807, 2.05) is 48.5 Å². The smallest absolute Gasteiger partial charge is 0.127 e. The fourth-order valence-electron chi connectivity index (χ4n) is 1.47. The van der Waals surface area contributed by atoms with Crippen molar-refractivity contribution in [2.75, 3.05) is 7.11 Å². The Morgan fingerprint density at radius 1 is 0.824 bits per heavy atom. The summed E-state index contributed by atoms with van der Waals surface area (Å²) in [5.41, 5.74) is 6.62. The van der Waals surface area contributed by atoms with Crippen molar-refractivity contribution in [2.45, 2.75) is 6.54 Å². The molecule has 0 unspecified atom stereocenters. The lowest BCUT2D eigenvalue weighted by Crippen LogP contribution is -1.95. The zero-order valence-corrected chi connectivity index (χ0v) is 9.72. The van der Waals surface area contributed by atoms with Gasteiger partial charge in [-0.25, -0.2) is 0 Å². The van der Waals surface area contributed by atoms with Crippen LogP contribution >= 0.6 is 0 Å². The Labute approximate surface area is 101 Å². The van der Waals surface area contributed by atoms with Crippen LogP contribution in [0.25, 0.3) is 0 Å². The molecule has 0 fully saturated rings. The Balaban J connectivity index is 2.08. The molecule has 0 atom stereocenters. The minimum atomic E-state index is 0.544. The summed E-state index contributed by atoms with van der Waals surface area (Å²) >= 11 is 0. The first-order chi connectivity index (χ1) is 8.31. The van der Waals surface area contributed by atoms with Gasteiger partial charge in [0.25, 0.3) is 0 Å². The molecule has 0 saturated carbocycles. The van der Waals surface area contributed by atoms with Gasteiger partial charge >= 0.3 is 0 Å². The van der Waals surface area contributed by atoms with Gasteiger partial charge in [-0.05, 0) is 42.0 Å². The van der Waals surface area contributed by atoms with Crippen molar-refractivity contribution >= 4 is 0 Å². The van der Waals surface area contributed by atoms with Gasteiger partial charge in [-0.2, -0.15) is 0 Å². The molecule has 0 amide bonds. The molecule has 0 aliphatic carbocycles. The van der Waals surface area contributed by atoms with Crippen LogP contribution in [0, 0.1) is 0 Å². The van der Waals surface area contributed by atoms with E-state index in [1.165, 1.54) is 0 Å². The van der Waals surface area contributed by atoms with E-state index in [0.717, 1.165) is 22.8 Å². The SMILES string of the molecule is COc1ccc(Oc2ccc(CN)cc2)cc1. The fraction of sp³-hybridized carbons (Fsp3) is 0.143. The lowest BCUT2D eigenvalue weighted by molar-refractivity contribution is 0.413. The molecular formula is C14H15NO2. The summed E-state index contributed by atoms with van der Waals surface area (Å²) in [4.78, 5) is 0. The second-order valence-electron chi connectivity index (χ2n) is 3.63. The molecule has 0 aliphatic heterocycles. The molecule has 2 aromatic carbocycles. The van der Waals surface area contributed by atoms with E-state index >= 15 is 0 Å². The summed E-state index contributed by atoms with van der Waals surface area (Å²) in [6.45, 7) is 0.544. The van der Waals surface area contributed by atoms with Crippen LogP contribution in [-0.4, -0.2) is 7.11 Å². The summed E-state index contributed by atoms with van der Waals surface area (Å²) in [5.74, 6) is 2.40. The lowest BCUT2D eigenvalue weighted by atomic mass is 10.2. The van der Waals surface area contributed by atoms with Gasteiger partial charge in [0.1, 0.15) is 17.2 Å². The van der Waals surface area contributed by atoms with Gasteiger partial charge < -0.3 is 15.2 Å². The summed E-state index contributed by atoms with van der Waals surface area (Å²) in [7, 11) is 1.64. The number of rotatable bonds is 4. The topological polar surface area (TPSA) is 44.5 Å². The first-order valence-electron chi connectivity index (χ1n) is 5.43. The zero-order chi connectivity index (χ0) is 12.1. The number of methoxy groups -OCH3 is 1. The molecule has 0 spiro atoms. The monoisotopic (exact) mass is 229 g/mol. The molecule has 2 aromatic rings. The maximum absolute atomic E-state index is 5.68. The lowest BCUT2D eigenvalue weighted by Gasteiger charge is -2.07. The summed E-state index contributed by atoms with van der Waals surface area (Å²) in [5, 5.41) is 0. The van der Waals surface area contributed by atoms with Crippen LogP contribution < -0.4 is 15.2 Å². The largest absolute Gasteiger partial charge is 0.497 e. The molecule has 3 nitrogen and oxygen atoms in total. The number of benzene rings is 2. The summed E-state index contributed by atoms with van der Waals surface area (Å²) < 4.78 is 10.8. The highest BCUT2D eigenvalue weighted by Gasteiger charge is 1.98. The van der Waals surface area contributed by atoms with Crippen LogP contribution in [0.5, 0.6) is 17.2 Å². The molecule has 0 aromatic heterocycles. The van der Waals surface area contributed by atoms with E-state index in [1.54, 1.807) is 7.11 Å². The van der Waals surface area contributed by atoms with Crippen LogP contribution in [0.2, 0.25) is 0 Å². The van der Waals surface area contributed by atoms with Crippen molar-refractivity contribution < 1.29 is 9.47 Å². The second kappa shape index (κ2) is 5.37. The third-order valence-electron chi connectivity index (χ3n) is 2.45. The minimum Gasteiger partial charge on any atom is -0.497 e. The maximum atomic E-state index is 5.68. The molecule has 0 heterocycles. The van der Waals surface area contributed by atoms with Crippen LogP contribution in [0.4, 0.5) is 0 Å². The fourth-order valence-corrected chi connectivity index (χ4v) is 1.47. The summed E-state index contributed by atoms with van der Waals surface area (Å²) in [6.07, 6.45) is 0. The predicted molar refractivity (Wildman–Crippen MR) is 67.4 cm³/mol. The Morgan fingerprint density at radius 2 is 1.29 bits per heavy atom. The normalized spacial score (nSPS) is 10.0. The average Bonchev–Trinajstić information content (AvgIpc) is 2.40. The van der Waals surface area contributed by atoms with E-state index < -0.39 is 0 Å².